The van der Waals surface area contributed by atoms with Crippen molar-refractivity contribution in [3.8, 4) is 11.5 Å². The van der Waals surface area contributed by atoms with E-state index in [0.717, 1.165) is 17.9 Å². The SMILES string of the molecule is COc1cc(CNC2CC2)ccc1OCc1ccc(Cl)c(Cl)c1.Cl. The van der Waals surface area contributed by atoms with Gasteiger partial charge in [0.05, 0.1) is 17.2 Å². The number of benzene rings is 2. The van der Waals surface area contributed by atoms with Crippen LogP contribution in [0.5, 0.6) is 11.5 Å². The number of halogens is 3. The highest BCUT2D eigenvalue weighted by molar-refractivity contribution is 6.42. The van der Waals surface area contributed by atoms with E-state index in [-0.39, 0.29) is 12.4 Å². The summed E-state index contributed by atoms with van der Waals surface area (Å²) in [5.74, 6) is 1.45. The zero-order chi connectivity index (χ0) is 16.2. The van der Waals surface area contributed by atoms with Crippen LogP contribution in [0.2, 0.25) is 10.0 Å². The standard InChI is InChI=1S/C18H19Cl2NO2.ClH/c1-22-18-9-12(10-21-14-4-5-14)3-7-17(18)23-11-13-2-6-15(19)16(20)8-13;/h2-3,6-9,14,21H,4-5,10-11H2,1H3;1H. The highest BCUT2D eigenvalue weighted by Gasteiger charge is 2.20. The average molecular weight is 389 g/mol. The molecule has 3 rings (SSSR count). The molecule has 1 saturated carbocycles. The smallest absolute Gasteiger partial charge is 0.161 e. The minimum Gasteiger partial charge on any atom is -0.493 e. The van der Waals surface area contributed by atoms with E-state index in [1.54, 1.807) is 13.2 Å². The Hall–Kier alpha value is -1.13. The Morgan fingerprint density at radius 2 is 1.75 bits per heavy atom. The summed E-state index contributed by atoms with van der Waals surface area (Å²) in [7, 11) is 1.65. The van der Waals surface area contributed by atoms with Gasteiger partial charge in [-0.3, -0.25) is 0 Å². The monoisotopic (exact) mass is 387 g/mol. The van der Waals surface area contributed by atoms with E-state index < -0.39 is 0 Å². The molecule has 0 atom stereocenters. The van der Waals surface area contributed by atoms with Gasteiger partial charge in [0.15, 0.2) is 11.5 Å². The molecule has 1 N–H and O–H groups in total. The molecular formula is C18H20Cl3NO2. The lowest BCUT2D eigenvalue weighted by molar-refractivity contribution is 0.284. The van der Waals surface area contributed by atoms with Crippen molar-refractivity contribution in [2.75, 3.05) is 7.11 Å². The molecule has 0 spiro atoms. The van der Waals surface area contributed by atoms with E-state index in [9.17, 15) is 0 Å². The van der Waals surface area contributed by atoms with E-state index >= 15 is 0 Å². The van der Waals surface area contributed by atoms with Gasteiger partial charge in [-0.2, -0.15) is 0 Å². The van der Waals surface area contributed by atoms with Crippen LogP contribution < -0.4 is 14.8 Å². The Bertz CT molecular complexity index is 690. The van der Waals surface area contributed by atoms with Crippen LogP contribution in [0.3, 0.4) is 0 Å². The molecule has 1 fully saturated rings. The van der Waals surface area contributed by atoms with Crippen molar-refractivity contribution >= 4 is 35.6 Å². The van der Waals surface area contributed by atoms with Crippen molar-refractivity contribution < 1.29 is 9.47 Å². The molecule has 2 aromatic rings. The molecule has 1 aliphatic carbocycles. The van der Waals surface area contributed by atoms with Crippen molar-refractivity contribution in [2.45, 2.75) is 32.0 Å². The van der Waals surface area contributed by atoms with Crippen LogP contribution in [0, 0.1) is 0 Å². The minimum absolute atomic E-state index is 0. The largest absolute Gasteiger partial charge is 0.493 e. The molecule has 0 bridgehead atoms. The van der Waals surface area contributed by atoms with E-state index in [1.165, 1.54) is 18.4 Å². The topological polar surface area (TPSA) is 30.5 Å². The highest BCUT2D eigenvalue weighted by atomic mass is 35.5. The van der Waals surface area contributed by atoms with Crippen LogP contribution in [0.25, 0.3) is 0 Å². The molecule has 6 heteroatoms. The molecule has 0 amide bonds. The van der Waals surface area contributed by atoms with Crippen molar-refractivity contribution in [3.63, 3.8) is 0 Å². The summed E-state index contributed by atoms with van der Waals surface area (Å²) < 4.78 is 11.3. The second kappa shape index (κ2) is 8.82. The first-order valence-electron chi connectivity index (χ1n) is 7.63. The Morgan fingerprint density at radius 3 is 2.42 bits per heavy atom. The van der Waals surface area contributed by atoms with E-state index in [4.69, 9.17) is 32.7 Å². The maximum Gasteiger partial charge on any atom is 0.161 e. The number of ether oxygens (including phenoxy) is 2. The van der Waals surface area contributed by atoms with Gasteiger partial charge in [0.1, 0.15) is 6.61 Å². The lowest BCUT2D eigenvalue weighted by Crippen LogP contribution is -2.15. The van der Waals surface area contributed by atoms with Gasteiger partial charge in [-0.05, 0) is 48.2 Å². The summed E-state index contributed by atoms with van der Waals surface area (Å²) in [6.07, 6.45) is 2.56. The van der Waals surface area contributed by atoms with Gasteiger partial charge in [-0.15, -0.1) is 12.4 Å². The maximum absolute atomic E-state index is 6.02. The number of rotatable bonds is 7. The maximum atomic E-state index is 6.02. The van der Waals surface area contributed by atoms with Crippen LogP contribution in [-0.4, -0.2) is 13.2 Å². The summed E-state index contributed by atoms with van der Waals surface area (Å²) in [6.45, 7) is 1.26. The molecule has 0 radical (unpaired) electrons. The quantitative estimate of drug-likeness (QED) is 0.702. The molecule has 0 saturated heterocycles. The molecule has 130 valence electrons. The van der Waals surface area contributed by atoms with Crippen LogP contribution in [0.1, 0.15) is 24.0 Å². The average Bonchev–Trinajstić information content (AvgIpc) is 3.38. The first-order valence-corrected chi connectivity index (χ1v) is 8.38. The molecule has 0 heterocycles. The Kier molecular flexibility index (Phi) is 7.05. The molecule has 1 aliphatic rings. The van der Waals surface area contributed by atoms with Crippen LogP contribution in [0.4, 0.5) is 0 Å². The lowest BCUT2D eigenvalue weighted by atomic mass is 10.2. The van der Waals surface area contributed by atoms with Gasteiger partial charge >= 0.3 is 0 Å². The van der Waals surface area contributed by atoms with Crippen LogP contribution in [0.15, 0.2) is 36.4 Å². The molecule has 24 heavy (non-hydrogen) atoms. The third-order valence-electron chi connectivity index (χ3n) is 3.78. The lowest BCUT2D eigenvalue weighted by Gasteiger charge is -2.13. The molecule has 0 unspecified atom stereocenters. The fourth-order valence-electron chi connectivity index (χ4n) is 2.28. The fraction of sp³-hybridized carbons (Fsp3) is 0.333. The first kappa shape index (κ1) is 19.2. The van der Waals surface area contributed by atoms with Gasteiger partial charge in [0, 0.05) is 12.6 Å². The van der Waals surface area contributed by atoms with Crippen molar-refractivity contribution in [3.05, 3.63) is 57.6 Å². The Labute approximate surface area is 158 Å². The van der Waals surface area contributed by atoms with Crippen molar-refractivity contribution in [1.29, 1.82) is 0 Å². The molecule has 0 aromatic heterocycles. The Morgan fingerprint density at radius 1 is 1.00 bits per heavy atom. The normalized spacial score (nSPS) is 13.3. The van der Waals surface area contributed by atoms with Gasteiger partial charge in [-0.25, -0.2) is 0 Å². The Balaban J connectivity index is 0.00000208. The number of methoxy groups -OCH3 is 1. The number of nitrogens with one attached hydrogen (secondary N) is 1. The first-order chi connectivity index (χ1) is 11.2. The molecule has 0 aliphatic heterocycles. The zero-order valence-electron chi connectivity index (χ0n) is 13.4. The number of hydrogen-bond donors (Lipinski definition) is 1. The third kappa shape index (κ3) is 5.18. The second-order valence-electron chi connectivity index (χ2n) is 5.68. The molecule has 3 nitrogen and oxygen atoms in total. The van der Waals surface area contributed by atoms with E-state index in [0.29, 0.717) is 28.4 Å². The van der Waals surface area contributed by atoms with Gasteiger partial charge < -0.3 is 14.8 Å². The summed E-state index contributed by atoms with van der Waals surface area (Å²) >= 11 is 11.9. The van der Waals surface area contributed by atoms with Crippen molar-refractivity contribution in [1.82, 2.24) is 5.32 Å². The van der Waals surface area contributed by atoms with Gasteiger partial charge in [0.2, 0.25) is 0 Å². The van der Waals surface area contributed by atoms with Crippen molar-refractivity contribution in [2.24, 2.45) is 0 Å². The summed E-state index contributed by atoms with van der Waals surface area (Å²) in [5, 5.41) is 4.56. The molecular weight excluding hydrogens is 369 g/mol. The predicted octanol–water partition coefficient (Wildman–Crippen LogP) is 5.25. The van der Waals surface area contributed by atoms with Gasteiger partial charge in [-0.1, -0.05) is 35.3 Å². The fourth-order valence-corrected chi connectivity index (χ4v) is 2.60. The zero-order valence-corrected chi connectivity index (χ0v) is 15.7. The van der Waals surface area contributed by atoms with Crippen LogP contribution in [-0.2, 0) is 13.2 Å². The van der Waals surface area contributed by atoms with Crippen LogP contribution >= 0.6 is 35.6 Å². The predicted molar refractivity (Wildman–Crippen MR) is 101 cm³/mol. The third-order valence-corrected chi connectivity index (χ3v) is 4.52. The highest BCUT2D eigenvalue weighted by Crippen LogP contribution is 2.30. The minimum atomic E-state index is 0. The summed E-state index contributed by atoms with van der Waals surface area (Å²) in [5.41, 5.74) is 2.15. The van der Waals surface area contributed by atoms with Gasteiger partial charge in [0.25, 0.3) is 0 Å². The number of hydrogen-bond acceptors (Lipinski definition) is 3. The summed E-state index contributed by atoms with van der Waals surface area (Å²) in [4.78, 5) is 0. The molecule has 2 aromatic carbocycles. The summed E-state index contributed by atoms with van der Waals surface area (Å²) in [6, 6.07) is 12.2. The van der Waals surface area contributed by atoms with E-state index in [2.05, 4.69) is 11.4 Å². The van der Waals surface area contributed by atoms with E-state index in [1.807, 2.05) is 24.3 Å². The second-order valence-corrected chi connectivity index (χ2v) is 6.49.